The van der Waals surface area contributed by atoms with Crippen LogP contribution >= 0.6 is 0 Å². The lowest BCUT2D eigenvalue weighted by Crippen LogP contribution is -2.60. The van der Waals surface area contributed by atoms with Crippen molar-refractivity contribution in [3.05, 3.63) is 11.6 Å². The summed E-state index contributed by atoms with van der Waals surface area (Å²) in [6.45, 7) is 12.3. The van der Waals surface area contributed by atoms with Crippen LogP contribution in [0.3, 0.4) is 0 Å². The van der Waals surface area contributed by atoms with Crippen molar-refractivity contribution in [2.45, 2.75) is 67.2 Å². The quantitative estimate of drug-likeness (QED) is 0.214. The maximum absolute atomic E-state index is 13.4. The Labute approximate surface area is 209 Å². The van der Waals surface area contributed by atoms with Gasteiger partial charge in [-0.1, -0.05) is 53.2 Å². The highest BCUT2D eigenvalue weighted by molar-refractivity contribution is 5.90. The minimum absolute atomic E-state index is 0.00863. The summed E-state index contributed by atoms with van der Waals surface area (Å²) in [6.07, 6.45) is 4.39. The summed E-state index contributed by atoms with van der Waals surface area (Å²) >= 11 is 0. The molecular weight excluding hydrogens is 452 g/mol. The monoisotopic (exact) mass is 494 g/mol. The van der Waals surface area contributed by atoms with Crippen molar-refractivity contribution in [3.8, 4) is 0 Å². The van der Waals surface area contributed by atoms with Gasteiger partial charge in [0.25, 0.3) is 0 Å². The van der Waals surface area contributed by atoms with E-state index in [2.05, 4.69) is 0 Å². The van der Waals surface area contributed by atoms with Crippen molar-refractivity contribution >= 4 is 23.9 Å². The van der Waals surface area contributed by atoms with E-state index in [0.717, 1.165) is 5.57 Å². The second-order valence-electron chi connectivity index (χ2n) is 9.70. The molecule has 8 nitrogen and oxygen atoms in total. The van der Waals surface area contributed by atoms with E-state index < -0.39 is 59.4 Å². The standard InChI is InChI=1S/C27H42O8/c1-7-11-32-24(28)20-18-15-17(16(5)6)19(22(20)26(30)34-13-9-3)23(27(31)35-14-10-4)21(18)25(29)33-12-8-2/h15-16,18-23H,7-14H2,1-6H3. The van der Waals surface area contributed by atoms with Gasteiger partial charge in [-0.15, -0.1) is 0 Å². The first-order chi connectivity index (χ1) is 16.7. The lowest BCUT2D eigenvalue weighted by atomic mass is 9.49. The molecule has 0 aromatic heterocycles. The molecule has 0 amide bonds. The molecule has 4 unspecified atom stereocenters. The summed E-state index contributed by atoms with van der Waals surface area (Å²) in [5.74, 6) is -7.38. The minimum Gasteiger partial charge on any atom is -0.465 e. The van der Waals surface area contributed by atoms with Gasteiger partial charge in [-0.2, -0.15) is 0 Å². The van der Waals surface area contributed by atoms with Crippen molar-refractivity contribution in [2.75, 3.05) is 26.4 Å². The number of carbonyl (C=O) groups excluding carboxylic acids is 4. The molecule has 198 valence electrons. The van der Waals surface area contributed by atoms with Gasteiger partial charge in [-0.25, -0.2) is 0 Å². The number of hydrogen-bond acceptors (Lipinski definition) is 8. The Balaban J connectivity index is 2.66. The number of carbonyl (C=O) groups is 4. The molecule has 0 aromatic carbocycles. The third-order valence-corrected chi connectivity index (χ3v) is 6.70. The van der Waals surface area contributed by atoms with E-state index in [9.17, 15) is 19.2 Å². The van der Waals surface area contributed by atoms with Crippen LogP contribution in [0.4, 0.5) is 0 Å². The summed E-state index contributed by atoms with van der Waals surface area (Å²) in [4.78, 5) is 53.4. The van der Waals surface area contributed by atoms with Gasteiger partial charge in [-0.05, 0) is 31.6 Å². The summed E-state index contributed by atoms with van der Waals surface area (Å²) < 4.78 is 22.0. The largest absolute Gasteiger partial charge is 0.465 e. The van der Waals surface area contributed by atoms with E-state index in [1.54, 1.807) is 0 Å². The van der Waals surface area contributed by atoms with Crippen LogP contribution in [0.1, 0.15) is 67.2 Å². The summed E-state index contributed by atoms with van der Waals surface area (Å²) in [5, 5.41) is 0. The Kier molecular flexibility index (Phi) is 11.2. The normalized spacial score (nSPS) is 27.2. The molecule has 0 aromatic rings. The zero-order chi connectivity index (χ0) is 26.1. The zero-order valence-corrected chi connectivity index (χ0v) is 22.0. The molecule has 2 bridgehead atoms. The van der Waals surface area contributed by atoms with E-state index in [1.165, 1.54) is 0 Å². The topological polar surface area (TPSA) is 105 Å². The van der Waals surface area contributed by atoms with Crippen molar-refractivity contribution in [3.63, 3.8) is 0 Å². The van der Waals surface area contributed by atoms with Crippen LogP contribution < -0.4 is 0 Å². The van der Waals surface area contributed by atoms with Gasteiger partial charge in [0.15, 0.2) is 0 Å². The molecule has 0 spiro atoms. The fourth-order valence-corrected chi connectivity index (χ4v) is 5.29. The van der Waals surface area contributed by atoms with Crippen molar-refractivity contribution in [2.24, 2.45) is 41.4 Å². The average Bonchev–Trinajstić information content (AvgIpc) is 2.85. The van der Waals surface area contributed by atoms with Crippen molar-refractivity contribution < 1.29 is 38.1 Å². The Morgan fingerprint density at radius 2 is 0.943 bits per heavy atom. The Hall–Kier alpha value is -2.38. The van der Waals surface area contributed by atoms with Crippen LogP contribution in [0.15, 0.2) is 11.6 Å². The Bertz CT molecular complexity index is 734. The molecule has 8 heteroatoms. The molecule has 0 aliphatic heterocycles. The maximum Gasteiger partial charge on any atom is 0.310 e. The first kappa shape index (κ1) is 28.9. The van der Waals surface area contributed by atoms with E-state index >= 15 is 0 Å². The molecule has 0 saturated heterocycles. The fourth-order valence-electron chi connectivity index (χ4n) is 5.29. The SMILES string of the molecule is CCCOC(=O)C1C2C=C(C(C)C)C(C1C(=O)OCCC)C(C(=O)OCCC)C2C(=O)OCCC. The number of esters is 4. The first-order valence-electron chi connectivity index (χ1n) is 13.1. The summed E-state index contributed by atoms with van der Waals surface area (Å²) in [6, 6.07) is 0. The highest BCUT2D eigenvalue weighted by Crippen LogP contribution is 2.57. The van der Waals surface area contributed by atoms with Crippen molar-refractivity contribution in [1.82, 2.24) is 0 Å². The van der Waals surface area contributed by atoms with Crippen LogP contribution in [-0.4, -0.2) is 50.3 Å². The Morgan fingerprint density at radius 3 is 1.23 bits per heavy atom. The van der Waals surface area contributed by atoms with E-state index in [-0.39, 0.29) is 32.3 Å². The second kappa shape index (κ2) is 13.6. The third-order valence-electron chi connectivity index (χ3n) is 6.70. The lowest BCUT2D eigenvalue weighted by molar-refractivity contribution is -0.187. The van der Waals surface area contributed by atoms with Gasteiger partial charge in [0.1, 0.15) is 0 Å². The molecule has 1 saturated carbocycles. The number of allylic oxidation sites excluding steroid dienone is 2. The molecule has 3 aliphatic carbocycles. The minimum atomic E-state index is -0.937. The van der Waals surface area contributed by atoms with Gasteiger partial charge in [0, 0.05) is 11.8 Å². The van der Waals surface area contributed by atoms with Crippen LogP contribution in [0.25, 0.3) is 0 Å². The summed E-state index contributed by atoms with van der Waals surface area (Å²) in [7, 11) is 0. The van der Waals surface area contributed by atoms with Gasteiger partial charge in [0.2, 0.25) is 0 Å². The van der Waals surface area contributed by atoms with Gasteiger partial charge < -0.3 is 18.9 Å². The molecular formula is C27H42O8. The van der Waals surface area contributed by atoms with Gasteiger partial charge >= 0.3 is 23.9 Å². The molecule has 3 rings (SSSR count). The number of rotatable bonds is 13. The van der Waals surface area contributed by atoms with Crippen LogP contribution in [0, 0.1) is 41.4 Å². The van der Waals surface area contributed by atoms with E-state index in [1.807, 2.05) is 47.6 Å². The number of ether oxygens (including phenoxy) is 4. The Morgan fingerprint density at radius 1 is 0.629 bits per heavy atom. The van der Waals surface area contributed by atoms with E-state index in [0.29, 0.717) is 25.7 Å². The van der Waals surface area contributed by atoms with Gasteiger partial charge in [0.05, 0.1) is 50.1 Å². The second-order valence-corrected chi connectivity index (χ2v) is 9.70. The predicted octanol–water partition coefficient (Wildman–Crippen LogP) is 4.11. The predicted molar refractivity (Wildman–Crippen MR) is 129 cm³/mol. The van der Waals surface area contributed by atoms with Crippen molar-refractivity contribution in [1.29, 1.82) is 0 Å². The molecule has 3 aliphatic rings. The fraction of sp³-hybridized carbons (Fsp3) is 0.778. The zero-order valence-electron chi connectivity index (χ0n) is 22.0. The third kappa shape index (κ3) is 6.44. The van der Waals surface area contributed by atoms with Crippen LogP contribution in [0.5, 0.6) is 0 Å². The average molecular weight is 495 g/mol. The highest BCUT2D eigenvalue weighted by Gasteiger charge is 2.64. The highest BCUT2D eigenvalue weighted by atomic mass is 16.5. The number of hydrogen-bond donors (Lipinski definition) is 0. The van der Waals surface area contributed by atoms with Crippen LogP contribution in [0.2, 0.25) is 0 Å². The van der Waals surface area contributed by atoms with Gasteiger partial charge in [-0.3, -0.25) is 19.2 Å². The first-order valence-corrected chi connectivity index (χ1v) is 13.1. The maximum atomic E-state index is 13.4. The lowest BCUT2D eigenvalue weighted by Gasteiger charge is -2.52. The molecule has 1 fully saturated rings. The molecule has 0 heterocycles. The molecule has 4 atom stereocenters. The van der Waals surface area contributed by atoms with E-state index in [4.69, 9.17) is 18.9 Å². The smallest absolute Gasteiger partial charge is 0.310 e. The molecule has 0 radical (unpaired) electrons. The molecule has 35 heavy (non-hydrogen) atoms. The molecule has 0 N–H and O–H groups in total. The van der Waals surface area contributed by atoms with Crippen LogP contribution in [-0.2, 0) is 38.1 Å². The number of fused-ring (bicyclic) bond motifs is 2. The summed E-state index contributed by atoms with van der Waals surface area (Å²) in [5.41, 5.74) is 0.867.